The van der Waals surface area contributed by atoms with E-state index in [4.69, 9.17) is 0 Å². The Balaban J connectivity index is 1.75. The second kappa shape index (κ2) is 7.02. The van der Waals surface area contributed by atoms with Gasteiger partial charge in [-0.15, -0.1) is 0 Å². The summed E-state index contributed by atoms with van der Waals surface area (Å²) in [5.74, 6) is -0.215. The van der Waals surface area contributed by atoms with Crippen LogP contribution in [-0.4, -0.2) is 17.8 Å². The number of hydrogen-bond donors (Lipinski definition) is 2. The molecule has 0 aromatic heterocycles. The molecule has 1 unspecified atom stereocenters. The number of hydrogen-bond acceptors (Lipinski definition) is 2. The molecule has 0 heterocycles. The fourth-order valence-corrected chi connectivity index (χ4v) is 1.97. The maximum Gasteiger partial charge on any atom is 0.127 e. The molecule has 0 spiro atoms. The lowest BCUT2D eigenvalue weighted by molar-refractivity contribution is 0.171. The minimum Gasteiger partial charge on any atom is -0.391 e. The van der Waals surface area contributed by atoms with E-state index in [1.54, 1.807) is 18.2 Å². The van der Waals surface area contributed by atoms with Crippen LogP contribution in [0.2, 0.25) is 0 Å². The predicted molar refractivity (Wildman–Crippen MR) is 74.3 cm³/mol. The molecular weight excluding hydrogens is 241 g/mol. The van der Waals surface area contributed by atoms with Crippen LogP contribution in [0.5, 0.6) is 0 Å². The van der Waals surface area contributed by atoms with Gasteiger partial charge in [-0.05, 0) is 18.1 Å². The molecule has 3 heteroatoms. The van der Waals surface area contributed by atoms with Gasteiger partial charge in [0, 0.05) is 18.7 Å². The molecule has 0 saturated carbocycles. The second-order valence-corrected chi connectivity index (χ2v) is 4.57. The highest BCUT2D eigenvalue weighted by Gasteiger charge is 2.06. The van der Waals surface area contributed by atoms with Crippen LogP contribution in [0.4, 0.5) is 4.39 Å². The van der Waals surface area contributed by atoms with Gasteiger partial charge in [0.05, 0.1) is 6.10 Å². The van der Waals surface area contributed by atoms with Gasteiger partial charge >= 0.3 is 0 Å². The quantitative estimate of drug-likeness (QED) is 0.835. The van der Waals surface area contributed by atoms with Gasteiger partial charge in [-0.3, -0.25) is 0 Å². The minimum atomic E-state index is -0.464. The van der Waals surface area contributed by atoms with Crippen molar-refractivity contribution in [2.45, 2.75) is 19.1 Å². The van der Waals surface area contributed by atoms with Crippen molar-refractivity contribution >= 4 is 0 Å². The summed E-state index contributed by atoms with van der Waals surface area (Å²) >= 11 is 0. The standard InChI is InChI=1S/C16H18FNO/c17-16-9-5-4-8-14(16)11-18-12-15(19)10-13-6-2-1-3-7-13/h1-9,15,18-19H,10-12H2. The fourth-order valence-electron chi connectivity index (χ4n) is 1.97. The third-order valence-electron chi connectivity index (χ3n) is 2.97. The van der Waals surface area contributed by atoms with Crippen LogP contribution in [0.1, 0.15) is 11.1 Å². The van der Waals surface area contributed by atoms with Crippen LogP contribution < -0.4 is 5.32 Å². The SMILES string of the molecule is OC(CNCc1ccccc1F)Cc1ccccc1. The fraction of sp³-hybridized carbons (Fsp3) is 0.250. The smallest absolute Gasteiger partial charge is 0.127 e. The Kier molecular flexibility index (Phi) is 5.07. The normalized spacial score (nSPS) is 12.3. The van der Waals surface area contributed by atoms with Crippen LogP contribution in [0, 0.1) is 5.82 Å². The van der Waals surface area contributed by atoms with E-state index < -0.39 is 6.10 Å². The largest absolute Gasteiger partial charge is 0.391 e. The molecule has 2 aromatic carbocycles. The van der Waals surface area contributed by atoms with Crippen LogP contribution in [0.25, 0.3) is 0 Å². The number of halogens is 1. The Morgan fingerprint density at radius 1 is 1.00 bits per heavy atom. The number of aliphatic hydroxyl groups excluding tert-OH is 1. The topological polar surface area (TPSA) is 32.3 Å². The van der Waals surface area contributed by atoms with Crippen molar-refractivity contribution in [1.29, 1.82) is 0 Å². The van der Waals surface area contributed by atoms with E-state index in [0.29, 0.717) is 25.1 Å². The molecular formula is C16H18FNO. The third kappa shape index (κ3) is 4.47. The van der Waals surface area contributed by atoms with Crippen LogP contribution >= 0.6 is 0 Å². The van der Waals surface area contributed by atoms with Crippen molar-refractivity contribution in [3.8, 4) is 0 Å². The van der Waals surface area contributed by atoms with Crippen LogP contribution in [-0.2, 0) is 13.0 Å². The third-order valence-corrected chi connectivity index (χ3v) is 2.97. The zero-order valence-electron chi connectivity index (χ0n) is 10.7. The average Bonchev–Trinajstić information content (AvgIpc) is 2.42. The van der Waals surface area contributed by atoms with E-state index in [0.717, 1.165) is 5.56 Å². The summed E-state index contributed by atoms with van der Waals surface area (Å²) in [5, 5.41) is 13.0. The lowest BCUT2D eigenvalue weighted by atomic mass is 10.1. The molecule has 0 aliphatic carbocycles. The molecule has 0 fully saturated rings. The number of benzene rings is 2. The first-order valence-electron chi connectivity index (χ1n) is 6.42. The molecule has 1 atom stereocenters. The molecule has 0 radical (unpaired) electrons. The average molecular weight is 259 g/mol. The summed E-state index contributed by atoms with van der Waals surface area (Å²) in [6, 6.07) is 16.5. The molecule has 0 saturated heterocycles. The molecule has 19 heavy (non-hydrogen) atoms. The molecule has 0 aliphatic heterocycles. The van der Waals surface area contributed by atoms with Crippen LogP contribution in [0.15, 0.2) is 54.6 Å². The lowest BCUT2D eigenvalue weighted by Crippen LogP contribution is -2.28. The van der Waals surface area contributed by atoms with Crippen molar-refractivity contribution in [3.05, 3.63) is 71.5 Å². The molecule has 2 N–H and O–H groups in total. The van der Waals surface area contributed by atoms with Crippen molar-refractivity contribution in [2.75, 3.05) is 6.54 Å². The summed E-state index contributed by atoms with van der Waals surface area (Å²) in [6.07, 6.45) is 0.139. The minimum absolute atomic E-state index is 0.215. The van der Waals surface area contributed by atoms with Gasteiger partial charge in [-0.25, -0.2) is 4.39 Å². The number of aliphatic hydroxyl groups is 1. The lowest BCUT2D eigenvalue weighted by Gasteiger charge is -2.12. The van der Waals surface area contributed by atoms with Crippen molar-refractivity contribution in [3.63, 3.8) is 0 Å². The Morgan fingerprint density at radius 2 is 1.68 bits per heavy atom. The summed E-state index contributed by atoms with van der Waals surface area (Å²) in [7, 11) is 0. The summed E-state index contributed by atoms with van der Waals surface area (Å²) in [6.45, 7) is 0.877. The van der Waals surface area contributed by atoms with Crippen molar-refractivity contribution in [1.82, 2.24) is 5.32 Å². The summed E-state index contributed by atoms with van der Waals surface area (Å²) in [5.41, 5.74) is 1.72. The van der Waals surface area contributed by atoms with Crippen molar-refractivity contribution in [2.24, 2.45) is 0 Å². The monoisotopic (exact) mass is 259 g/mol. The van der Waals surface area contributed by atoms with Gasteiger partial charge in [0.15, 0.2) is 0 Å². The van der Waals surface area contributed by atoms with Gasteiger partial charge in [0.25, 0.3) is 0 Å². The predicted octanol–water partition coefficient (Wildman–Crippen LogP) is 2.52. The van der Waals surface area contributed by atoms with Gasteiger partial charge in [0.1, 0.15) is 5.82 Å². The first-order valence-corrected chi connectivity index (χ1v) is 6.42. The van der Waals surface area contributed by atoms with Gasteiger partial charge in [-0.2, -0.15) is 0 Å². The van der Waals surface area contributed by atoms with E-state index in [9.17, 15) is 9.50 Å². The zero-order valence-corrected chi connectivity index (χ0v) is 10.7. The molecule has 2 aromatic rings. The maximum atomic E-state index is 13.4. The maximum absolute atomic E-state index is 13.4. The highest BCUT2D eigenvalue weighted by Crippen LogP contribution is 2.06. The van der Waals surface area contributed by atoms with E-state index in [1.807, 2.05) is 30.3 Å². The van der Waals surface area contributed by atoms with Gasteiger partial charge in [0.2, 0.25) is 0 Å². The first kappa shape index (κ1) is 13.7. The number of rotatable bonds is 6. The summed E-state index contributed by atoms with van der Waals surface area (Å²) in [4.78, 5) is 0. The Bertz CT molecular complexity index is 501. The zero-order chi connectivity index (χ0) is 13.5. The Morgan fingerprint density at radius 3 is 2.42 bits per heavy atom. The van der Waals surface area contributed by atoms with Crippen LogP contribution in [0.3, 0.4) is 0 Å². The molecule has 2 rings (SSSR count). The molecule has 0 bridgehead atoms. The van der Waals surface area contributed by atoms with Gasteiger partial charge < -0.3 is 10.4 Å². The van der Waals surface area contributed by atoms with Gasteiger partial charge in [-0.1, -0.05) is 48.5 Å². The van der Waals surface area contributed by atoms with E-state index in [1.165, 1.54) is 6.07 Å². The summed E-state index contributed by atoms with van der Waals surface area (Å²) < 4.78 is 13.4. The number of nitrogens with one attached hydrogen (secondary N) is 1. The second-order valence-electron chi connectivity index (χ2n) is 4.57. The molecule has 0 amide bonds. The first-order chi connectivity index (χ1) is 9.25. The van der Waals surface area contributed by atoms with E-state index in [-0.39, 0.29) is 5.82 Å². The highest BCUT2D eigenvalue weighted by atomic mass is 19.1. The van der Waals surface area contributed by atoms with Crippen molar-refractivity contribution < 1.29 is 9.50 Å². The molecule has 2 nitrogen and oxygen atoms in total. The van der Waals surface area contributed by atoms with E-state index in [2.05, 4.69) is 5.32 Å². The molecule has 100 valence electrons. The van der Waals surface area contributed by atoms with E-state index >= 15 is 0 Å². The Hall–Kier alpha value is -1.71. The Labute approximate surface area is 112 Å². The highest BCUT2D eigenvalue weighted by molar-refractivity contribution is 5.17. The molecule has 0 aliphatic rings.